The molecule has 2 aromatic rings. The minimum absolute atomic E-state index is 0. The first-order chi connectivity index (χ1) is 9.25. The standard InChI is InChI=1S/C16H17NO2.ClH/c1-13(17-15-10-6-3-7-11-15)16(18)19-12-14-8-4-2-5-9-14;/h2-11,13,17H,12H2,1H3;1H/t13-;/m0./s1. The molecule has 3 nitrogen and oxygen atoms in total. The van der Waals surface area contributed by atoms with Gasteiger partial charge in [-0.15, -0.1) is 12.4 Å². The van der Waals surface area contributed by atoms with Gasteiger partial charge in [0.1, 0.15) is 12.6 Å². The van der Waals surface area contributed by atoms with E-state index in [0.717, 1.165) is 11.3 Å². The molecule has 2 aromatic carbocycles. The number of halogens is 1. The van der Waals surface area contributed by atoms with Crippen LogP contribution in [0.25, 0.3) is 0 Å². The molecule has 1 N–H and O–H groups in total. The fourth-order valence-electron chi connectivity index (χ4n) is 1.70. The van der Waals surface area contributed by atoms with E-state index in [1.807, 2.05) is 60.7 Å². The second-order valence-electron chi connectivity index (χ2n) is 4.33. The van der Waals surface area contributed by atoms with Gasteiger partial charge in [-0.1, -0.05) is 48.5 Å². The van der Waals surface area contributed by atoms with Crippen molar-refractivity contribution in [1.82, 2.24) is 0 Å². The number of ether oxygens (including phenoxy) is 1. The molecule has 0 fully saturated rings. The second-order valence-corrected chi connectivity index (χ2v) is 4.33. The molecule has 0 aliphatic rings. The monoisotopic (exact) mass is 291 g/mol. The van der Waals surface area contributed by atoms with Crippen molar-refractivity contribution in [2.45, 2.75) is 19.6 Å². The van der Waals surface area contributed by atoms with Gasteiger partial charge >= 0.3 is 5.97 Å². The van der Waals surface area contributed by atoms with Crippen molar-refractivity contribution < 1.29 is 9.53 Å². The van der Waals surface area contributed by atoms with Gasteiger partial charge in [-0.3, -0.25) is 0 Å². The van der Waals surface area contributed by atoms with E-state index in [0.29, 0.717) is 6.61 Å². The summed E-state index contributed by atoms with van der Waals surface area (Å²) in [4.78, 5) is 11.8. The average Bonchev–Trinajstić information content (AvgIpc) is 2.47. The lowest BCUT2D eigenvalue weighted by Gasteiger charge is -2.14. The Morgan fingerprint density at radius 2 is 1.60 bits per heavy atom. The molecule has 0 radical (unpaired) electrons. The summed E-state index contributed by atoms with van der Waals surface area (Å²) < 4.78 is 5.26. The van der Waals surface area contributed by atoms with Gasteiger partial charge in [-0.25, -0.2) is 4.79 Å². The fraction of sp³-hybridized carbons (Fsp3) is 0.188. The summed E-state index contributed by atoms with van der Waals surface area (Å²) in [5, 5.41) is 3.10. The van der Waals surface area contributed by atoms with Gasteiger partial charge in [0, 0.05) is 5.69 Å². The molecule has 0 aliphatic carbocycles. The Hall–Kier alpha value is -2.00. The van der Waals surface area contributed by atoms with Crippen LogP contribution in [0.5, 0.6) is 0 Å². The average molecular weight is 292 g/mol. The van der Waals surface area contributed by atoms with Gasteiger partial charge in [-0.05, 0) is 24.6 Å². The summed E-state index contributed by atoms with van der Waals surface area (Å²) >= 11 is 0. The van der Waals surface area contributed by atoms with Crippen molar-refractivity contribution in [2.24, 2.45) is 0 Å². The number of benzene rings is 2. The summed E-state index contributed by atoms with van der Waals surface area (Å²) in [5.41, 5.74) is 1.90. The van der Waals surface area contributed by atoms with E-state index >= 15 is 0 Å². The van der Waals surface area contributed by atoms with Crippen LogP contribution in [0.2, 0.25) is 0 Å². The van der Waals surface area contributed by atoms with Crippen LogP contribution >= 0.6 is 12.4 Å². The smallest absolute Gasteiger partial charge is 0.328 e. The lowest BCUT2D eigenvalue weighted by Crippen LogP contribution is -2.28. The van der Waals surface area contributed by atoms with Crippen molar-refractivity contribution in [1.29, 1.82) is 0 Å². The van der Waals surface area contributed by atoms with Gasteiger partial charge in [0.25, 0.3) is 0 Å². The minimum atomic E-state index is -0.369. The molecular weight excluding hydrogens is 274 g/mol. The van der Waals surface area contributed by atoms with Crippen LogP contribution in [0, 0.1) is 0 Å². The highest BCUT2D eigenvalue weighted by molar-refractivity contribution is 5.85. The van der Waals surface area contributed by atoms with Gasteiger partial charge in [-0.2, -0.15) is 0 Å². The van der Waals surface area contributed by atoms with Gasteiger partial charge in [0.05, 0.1) is 0 Å². The van der Waals surface area contributed by atoms with Gasteiger partial charge in [0.15, 0.2) is 0 Å². The number of anilines is 1. The molecule has 0 saturated carbocycles. The van der Waals surface area contributed by atoms with Crippen molar-refractivity contribution in [2.75, 3.05) is 5.32 Å². The Bertz CT molecular complexity index is 517. The molecule has 0 spiro atoms. The van der Waals surface area contributed by atoms with Gasteiger partial charge < -0.3 is 10.1 Å². The Kier molecular flexibility index (Phi) is 6.60. The largest absolute Gasteiger partial charge is 0.459 e. The number of hydrogen-bond acceptors (Lipinski definition) is 3. The van der Waals surface area contributed by atoms with Crippen LogP contribution in [0.4, 0.5) is 5.69 Å². The molecule has 2 rings (SSSR count). The van der Waals surface area contributed by atoms with Crippen LogP contribution in [-0.2, 0) is 16.1 Å². The number of rotatable bonds is 5. The van der Waals surface area contributed by atoms with Crippen molar-refractivity contribution in [3.05, 3.63) is 66.2 Å². The SMILES string of the molecule is C[C@H](Nc1ccccc1)C(=O)OCc1ccccc1.Cl. The number of esters is 1. The van der Waals surface area contributed by atoms with Gasteiger partial charge in [0.2, 0.25) is 0 Å². The summed E-state index contributed by atoms with van der Waals surface area (Å²) in [5.74, 6) is -0.257. The Labute approximate surface area is 125 Å². The quantitative estimate of drug-likeness (QED) is 0.855. The molecular formula is C16H18ClNO2. The van der Waals surface area contributed by atoms with E-state index in [1.165, 1.54) is 0 Å². The number of hydrogen-bond donors (Lipinski definition) is 1. The maximum Gasteiger partial charge on any atom is 0.328 e. The first kappa shape index (κ1) is 16.1. The lowest BCUT2D eigenvalue weighted by atomic mass is 10.2. The highest BCUT2D eigenvalue weighted by atomic mass is 35.5. The summed E-state index contributed by atoms with van der Waals surface area (Å²) in [6.07, 6.45) is 0. The third-order valence-electron chi connectivity index (χ3n) is 2.73. The molecule has 0 aliphatic heterocycles. The Morgan fingerprint density at radius 3 is 2.20 bits per heavy atom. The second kappa shape index (κ2) is 8.23. The van der Waals surface area contributed by atoms with Crippen LogP contribution in [0.1, 0.15) is 12.5 Å². The molecule has 0 amide bonds. The predicted octanol–water partition coefficient (Wildman–Crippen LogP) is 3.65. The summed E-state index contributed by atoms with van der Waals surface area (Å²) in [6.45, 7) is 2.10. The molecule has 0 saturated heterocycles. The van der Waals surface area contributed by atoms with E-state index in [4.69, 9.17) is 4.74 Å². The maximum atomic E-state index is 11.8. The summed E-state index contributed by atoms with van der Waals surface area (Å²) in [7, 11) is 0. The highest BCUT2D eigenvalue weighted by Gasteiger charge is 2.13. The topological polar surface area (TPSA) is 38.3 Å². The Balaban J connectivity index is 0.00000200. The minimum Gasteiger partial charge on any atom is -0.459 e. The lowest BCUT2D eigenvalue weighted by molar-refractivity contribution is -0.145. The highest BCUT2D eigenvalue weighted by Crippen LogP contribution is 2.08. The van der Waals surface area contributed by atoms with E-state index < -0.39 is 0 Å². The zero-order valence-electron chi connectivity index (χ0n) is 11.3. The molecule has 106 valence electrons. The fourth-order valence-corrected chi connectivity index (χ4v) is 1.70. The van der Waals surface area contributed by atoms with E-state index in [-0.39, 0.29) is 24.4 Å². The zero-order chi connectivity index (χ0) is 13.5. The molecule has 1 atom stereocenters. The van der Waals surface area contributed by atoms with Crippen molar-refractivity contribution >= 4 is 24.1 Å². The van der Waals surface area contributed by atoms with E-state index in [2.05, 4.69) is 5.32 Å². The number of nitrogens with one attached hydrogen (secondary N) is 1. The van der Waals surface area contributed by atoms with Crippen molar-refractivity contribution in [3.63, 3.8) is 0 Å². The molecule has 0 aromatic heterocycles. The first-order valence-corrected chi connectivity index (χ1v) is 6.28. The number of carbonyl (C=O) groups excluding carboxylic acids is 1. The van der Waals surface area contributed by atoms with E-state index in [1.54, 1.807) is 6.92 Å². The van der Waals surface area contributed by atoms with Crippen LogP contribution in [-0.4, -0.2) is 12.0 Å². The van der Waals surface area contributed by atoms with Crippen molar-refractivity contribution in [3.8, 4) is 0 Å². The first-order valence-electron chi connectivity index (χ1n) is 6.28. The van der Waals surface area contributed by atoms with Crippen LogP contribution in [0.3, 0.4) is 0 Å². The zero-order valence-corrected chi connectivity index (χ0v) is 12.1. The summed E-state index contributed by atoms with van der Waals surface area (Å²) in [6, 6.07) is 18.9. The third-order valence-corrected chi connectivity index (χ3v) is 2.73. The molecule has 20 heavy (non-hydrogen) atoms. The molecule has 0 bridgehead atoms. The number of carbonyl (C=O) groups is 1. The Morgan fingerprint density at radius 1 is 1.05 bits per heavy atom. The van der Waals surface area contributed by atoms with Crippen LogP contribution < -0.4 is 5.32 Å². The number of para-hydroxylation sites is 1. The van der Waals surface area contributed by atoms with Crippen LogP contribution in [0.15, 0.2) is 60.7 Å². The molecule has 4 heteroatoms. The van der Waals surface area contributed by atoms with E-state index in [9.17, 15) is 4.79 Å². The molecule has 0 unspecified atom stereocenters. The predicted molar refractivity (Wildman–Crippen MR) is 83.0 cm³/mol. The molecule has 0 heterocycles. The third kappa shape index (κ3) is 4.94. The normalized spacial score (nSPS) is 11.1. The maximum absolute atomic E-state index is 11.8.